The van der Waals surface area contributed by atoms with Crippen molar-refractivity contribution >= 4 is 34.5 Å². The van der Waals surface area contributed by atoms with Crippen molar-refractivity contribution in [3.8, 4) is 0 Å². The van der Waals surface area contributed by atoms with Crippen molar-refractivity contribution in [2.75, 3.05) is 50.5 Å². The van der Waals surface area contributed by atoms with Gasteiger partial charge in [0.1, 0.15) is 0 Å². The molecule has 8 nitrogen and oxygen atoms in total. The average Bonchev–Trinajstić information content (AvgIpc) is 3.14. The minimum Gasteiger partial charge on any atom is -0.478 e. The van der Waals surface area contributed by atoms with E-state index in [1.807, 2.05) is 24.3 Å². The van der Waals surface area contributed by atoms with E-state index in [1.54, 1.807) is 36.5 Å². The number of rotatable bonds is 6. The number of anilines is 2. The number of carboxylic acid groups (broad SMARTS) is 1. The number of likely N-dealkylation sites (N-methyl/N-ethyl adjacent to an activating group) is 2. The van der Waals surface area contributed by atoms with Crippen molar-refractivity contribution < 1.29 is 14.7 Å². The number of hydrogen-bond acceptors (Lipinski definition) is 6. The molecule has 0 unspecified atom stereocenters. The first-order chi connectivity index (χ1) is 17.4. The molecule has 0 aliphatic carbocycles. The molecule has 0 bridgehead atoms. The number of aromatic carboxylic acids is 1. The Morgan fingerprint density at radius 3 is 2.53 bits per heavy atom. The van der Waals surface area contributed by atoms with Gasteiger partial charge in [-0.2, -0.15) is 0 Å². The van der Waals surface area contributed by atoms with Crippen LogP contribution in [-0.4, -0.2) is 72.0 Å². The van der Waals surface area contributed by atoms with E-state index in [4.69, 9.17) is 0 Å². The highest BCUT2D eigenvalue weighted by Crippen LogP contribution is 2.41. The maximum Gasteiger partial charge on any atom is 0.335 e. The number of aromatic nitrogens is 1. The summed E-state index contributed by atoms with van der Waals surface area (Å²) in [7, 11) is 3.85. The summed E-state index contributed by atoms with van der Waals surface area (Å²) in [6, 6.07) is 16.7. The molecule has 1 fully saturated rings. The van der Waals surface area contributed by atoms with Gasteiger partial charge in [-0.1, -0.05) is 12.1 Å². The summed E-state index contributed by atoms with van der Waals surface area (Å²) in [4.78, 5) is 35.7. The van der Waals surface area contributed by atoms with Gasteiger partial charge >= 0.3 is 5.97 Å². The number of pyridine rings is 1. The van der Waals surface area contributed by atoms with Crippen molar-refractivity contribution in [2.24, 2.45) is 0 Å². The van der Waals surface area contributed by atoms with Gasteiger partial charge in [0.15, 0.2) is 0 Å². The zero-order valence-electron chi connectivity index (χ0n) is 20.4. The van der Waals surface area contributed by atoms with Crippen molar-refractivity contribution in [3.63, 3.8) is 0 Å². The van der Waals surface area contributed by atoms with Crippen LogP contribution >= 0.6 is 0 Å². The molecule has 1 amide bonds. The zero-order valence-corrected chi connectivity index (χ0v) is 20.4. The maximum absolute atomic E-state index is 13.5. The summed E-state index contributed by atoms with van der Waals surface area (Å²) in [6.07, 6.45) is 3.39. The molecule has 1 saturated heterocycles. The highest BCUT2D eigenvalue weighted by molar-refractivity contribution is 6.38. The quantitative estimate of drug-likeness (QED) is 0.519. The molecule has 3 aromatic rings. The third-order valence-electron chi connectivity index (χ3n) is 6.79. The monoisotopic (exact) mass is 483 g/mol. The van der Waals surface area contributed by atoms with Gasteiger partial charge in [0.2, 0.25) is 0 Å². The Morgan fingerprint density at radius 2 is 1.81 bits per heavy atom. The third kappa shape index (κ3) is 4.73. The second kappa shape index (κ2) is 9.93. The Bertz CT molecular complexity index is 1330. The molecule has 1 aromatic heterocycles. The number of nitrogens with zero attached hydrogens (tertiary/aromatic N) is 4. The lowest BCUT2D eigenvalue weighted by atomic mass is 9.99. The minimum atomic E-state index is -1.04. The number of amides is 1. The van der Waals surface area contributed by atoms with Gasteiger partial charge in [-0.25, -0.2) is 4.79 Å². The molecule has 8 heteroatoms. The Hall–Kier alpha value is -4.01. The van der Waals surface area contributed by atoms with Gasteiger partial charge in [0.25, 0.3) is 5.91 Å². The summed E-state index contributed by atoms with van der Waals surface area (Å²) in [5.74, 6) is -1.24. The summed E-state index contributed by atoms with van der Waals surface area (Å²) < 4.78 is 0. The number of carbonyl (C=O) groups excluding carboxylic acids is 1. The Kier molecular flexibility index (Phi) is 6.54. The standard InChI is InChI=1S/C28H29N5O3/c1-31-11-13-33(14-12-31)18-19-5-3-7-22(15-19)30-26(21-6-4-10-29-17-21)25-23-16-20(28(35)36)8-9-24(23)32(2)27(25)34/h3-10,15-17,30H,11-14,18H2,1-2H3,(H,35,36). The van der Waals surface area contributed by atoms with Gasteiger partial charge in [-0.3, -0.25) is 14.7 Å². The van der Waals surface area contributed by atoms with E-state index in [9.17, 15) is 14.7 Å². The van der Waals surface area contributed by atoms with E-state index >= 15 is 0 Å². The van der Waals surface area contributed by atoms with Crippen LogP contribution in [0.25, 0.3) is 11.3 Å². The highest BCUT2D eigenvalue weighted by Gasteiger charge is 2.34. The first-order valence-corrected chi connectivity index (χ1v) is 12.0. The van der Waals surface area contributed by atoms with Crippen LogP contribution in [0.1, 0.15) is 27.0 Å². The number of nitrogens with one attached hydrogen (secondary N) is 1. The number of hydrogen-bond donors (Lipinski definition) is 2. The number of fused-ring (bicyclic) bond motifs is 1. The molecule has 2 aliphatic rings. The number of benzene rings is 2. The van der Waals surface area contributed by atoms with Crippen LogP contribution in [0, 0.1) is 0 Å². The molecule has 0 radical (unpaired) electrons. The molecule has 2 aromatic carbocycles. The molecule has 5 rings (SSSR count). The molecule has 36 heavy (non-hydrogen) atoms. The SMILES string of the molecule is CN1CCN(Cc2cccc(NC(=C3C(=O)N(C)c4ccc(C(=O)O)cc43)c3cccnc3)c2)CC1. The van der Waals surface area contributed by atoms with Gasteiger partial charge < -0.3 is 20.2 Å². The van der Waals surface area contributed by atoms with Gasteiger partial charge in [0, 0.05) is 69.0 Å². The second-order valence-electron chi connectivity index (χ2n) is 9.30. The van der Waals surface area contributed by atoms with Crippen molar-refractivity contribution in [1.29, 1.82) is 0 Å². The lowest BCUT2D eigenvalue weighted by Gasteiger charge is -2.32. The van der Waals surface area contributed by atoms with E-state index in [0.717, 1.165) is 44.0 Å². The highest BCUT2D eigenvalue weighted by atomic mass is 16.4. The van der Waals surface area contributed by atoms with Crippen molar-refractivity contribution in [3.05, 3.63) is 89.2 Å². The zero-order chi connectivity index (χ0) is 25.2. The maximum atomic E-state index is 13.5. The Balaban J connectivity index is 1.55. The van der Waals surface area contributed by atoms with E-state index in [1.165, 1.54) is 11.6 Å². The molecule has 2 aliphatic heterocycles. The number of carbonyl (C=O) groups is 2. The van der Waals surface area contributed by atoms with E-state index < -0.39 is 5.97 Å². The fourth-order valence-electron chi connectivity index (χ4n) is 4.74. The van der Waals surface area contributed by atoms with E-state index in [2.05, 4.69) is 39.3 Å². The molecular weight excluding hydrogens is 454 g/mol. The molecule has 2 N–H and O–H groups in total. The summed E-state index contributed by atoms with van der Waals surface area (Å²) in [5.41, 5.74) is 5.19. The number of carboxylic acids is 1. The third-order valence-corrected chi connectivity index (χ3v) is 6.79. The van der Waals surface area contributed by atoms with E-state index in [-0.39, 0.29) is 11.5 Å². The lowest BCUT2D eigenvalue weighted by molar-refractivity contribution is -0.112. The molecule has 184 valence electrons. The van der Waals surface area contributed by atoms with Crippen LogP contribution < -0.4 is 10.2 Å². The Labute approximate surface area is 210 Å². The van der Waals surface area contributed by atoms with E-state index in [0.29, 0.717) is 22.5 Å². The molecule has 0 atom stereocenters. The first-order valence-electron chi connectivity index (χ1n) is 12.0. The van der Waals surface area contributed by atoms with Crippen LogP contribution in [-0.2, 0) is 11.3 Å². The van der Waals surface area contributed by atoms with Crippen LogP contribution in [0.4, 0.5) is 11.4 Å². The molecular formula is C28H29N5O3. The van der Waals surface area contributed by atoms with Crippen LogP contribution in [0.5, 0.6) is 0 Å². The topological polar surface area (TPSA) is 89.0 Å². The van der Waals surface area contributed by atoms with Crippen LogP contribution in [0.3, 0.4) is 0 Å². The summed E-state index contributed by atoms with van der Waals surface area (Å²) in [5, 5.41) is 13.0. The molecule has 0 saturated carbocycles. The van der Waals surface area contributed by atoms with Crippen molar-refractivity contribution in [1.82, 2.24) is 14.8 Å². The summed E-state index contributed by atoms with van der Waals surface area (Å²) in [6.45, 7) is 5.03. The van der Waals surface area contributed by atoms with Crippen LogP contribution in [0.15, 0.2) is 67.0 Å². The predicted molar refractivity (Wildman–Crippen MR) is 141 cm³/mol. The summed E-state index contributed by atoms with van der Waals surface area (Å²) >= 11 is 0. The van der Waals surface area contributed by atoms with Gasteiger partial charge in [0.05, 0.1) is 22.5 Å². The average molecular weight is 484 g/mol. The Morgan fingerprint density at radius 1 is 1.00 bits per heavy atom. The second-order valence-corrected chi connectivity index (χ2v) is 9.30. The minimum absolute atomic E-state index is 0.133. The molecule has 0 spiro atoms. The van der Waals surface area contributed by atoms with Gasteiger partial charge in [-0.15, -0.1) is 0 Å². The molecule has 3 heterocycles. The predicted octanol–water partition coefficient (Wildman–Crippen LogP) is 3.48. The van der Waals surface area contributed by atoms with Crippen molar-refractivity contribution in [2.45, 2.75) is 6.54 Å². The largest absolute Gasteiger partial charge is 0.478 e. The van der Waals surface area contributed by atoms with Gasteiger partial charge in [-0.05, 0) is 55.1 Å². The smallest absolute Gasteiger partial charge is 0.335 e. The first kappa shape index (κ1) is 23.7. The normalized spacial score (nSPS) is 17.7. The lowest BCUT2D eigenvalue weighted by Crippen LogP contribution is -2.43. The fourth-order valence-corrected chi connectivity index (χ4v) is 4.74. The number of piperazine rings is 1. The van der Waals surface area contributed by atoms with Crippen LogP contribution in [0.2, 0.25) is 0 Å². The fraction of sp³-hybridized carbons (Fsp3) is 0.250.